The monoisotopic (exact) mass is 650 g/mol. The van der Waals surface area contributed by atoms with Gasteiger partial charge in [-0.05, 0) is 20.3 Å². The van der Waals surface area contributed by atoms with Gasteiger partial charge in [0.05, 0.1) is 0 Å². The van der Waals surface area contributed by atoms with E-state index in [2.05, 4.69) is 20.5 Å². The number of carboxylic acids is 1. The van der Waals surface area contributed by atoms with Crippen LogP contribution in [0, 0.1) is 0 Å². The van der Waals surface area contributed by atoms with Gasteiger partial charge in [0.25, 0.3) is 0 Å². The van der Waals surface area contributed by atoms with E-state index in [1.807, 2.05) is 55.5 Å². The van der Waals surface area contributed by atoms with E-state index in [9.17, 15) is 15.0 Å². The number of aryl methyl sites for hydroxylation is 1. The van der Waals surface area contributed by atoms with E-state index in [-0.39, 0.29) is 11.4 Å². The summed E-state index contributed by atoms with van der Waals surface area (Å²) < 4.78 is 3.51. The molecule has 4 rings (SSSR count). The third-order valence-corrected chi connectivity index (χ3v) is 6.92. The first kappa shape index (κ1) is 24.2. The molecular weight excluding hydrogens is 625 g/mol. The Labute approximate surface area is 213 Å². The average molecular weight is 650 g/mol. The molecule has 0 radical (unpaired) electrons. The van der Waals surface area contributed by atoms with Crippen LogP contribution in [0.25, 0.3) is 22.5 Å². The summed E-state index contributed by atoms with van der Waals surface area (Å²) in [6.45, 7) is 5.49. The van der Waals surface area contributed by atoms with Crippen molar-refractivity contribution in [2.45, 2.75) is 45.8 Å². The summed E-state index contributed by atoms with van der Waals surface area (Å²) in [5.41, 5.74) is 2.81. The number of aromatic carboxylic acids is 1. The number of benzene rings is 2. The Kier molecular flexibility index (Phi) is 6.94. The molecule has 2 aromatic heterocycles. The fraction of sp³-hybridized carbons (Fsp3) is 0.292. The molecule has 0 unspecified atom stereocenters. The van der Waals surface area contributed by atoms with Crippen molar-refractivity contribution >= 4 is 32.0 Å². The summed E-state index contributed by atoms with van der Waals surface area (Å²) >= 11 is 0.454. The molecule has 0 amide bonds. The minimum atomic E-state index is -1.35. The number of aliphatic hydroxyl groups is 1. The molecule has 9 nitrogen and oxygen atoms in total. The maximum absolute atomic E-state index is 12.1. The van der Waals surface area contributed by atoms with Crippen LogP contribution < -0.4 is 0 Å². The van der Waals surface area contributed by atoms with Crippen LogP contribution >= 0.6 is 0 Å². The molecule has 34 heavy (non-hydrogen) atoms. The molecule has 2 N–H and O–H groups in total. The maximum atomic E-state index is 12.1. The number of hydrogen-bond acceptors (Lipinski definition) is 6. The molecule has 0 fully saturated rings. The third kappa shape index (κ3) is 4.80. The summed E-state index contributed by atoms with van der Waals surface area (Å²) in [5.74, 6) is 0.308. The summed E-state index contributed by atoms with van der Waals surface area (Å²) in [7, 11) is 0. The van der Waals surface area contributed by atoms with Gasteiger partial charge in [0.15, 0.2) is 0 Å². The Balaban J connectivity index is 1.71. The first-order valence-corrected chi connectivity index (χ1v) is 13.0. The predicted octanol–water partition coefficient (Wildman–Crippen LogP) is 3.06. The number of rotatable bonds is 8. The van der Waals surface area contributed by atoms with Crippen LogP contribution in [0.5, 0.6) is 0 Å². The van der Waals surface area contributed by atoms with Gasteiger partial charge in [0, 0.05) is 0 Å². The van der Waals surface area contributed by atoms with E-state index in [0.717, 1.165) is 34.5 Å². The Morgan fingerprint density at radius 3 is 2.32 bits per heavy atom. The zero-order valence-electron chi connectivity index (χ0n) is 19.3. The molecule has 0 saturated heterocycles. The van der Waals surface area contributed by atoms with E-state index in [1.54, 1.807) is 20.9 Å². The van der Waals surface area contributed by atoms with Crippen molar-refractivity contribution in [2.24, 2.45) is 0 Å². The van der Waals surface area contributed by atoms with Crippen LogP contribution in [0.1, 0.15) is 54.8 Å². The topological polar surface area (TPSA) is 119 Å². The average Bonchev–Trinajstić information content (AvgIpc) is 3.38. The van der Waals surface area contributed by atoms with E-state index < -0.39 is 11.6 Å². The summed E-state index contributed by atoms with van der Waals surface area (Å²) in [6, 6.07) is 16.0. The molecule has 0 spiro atoms. The van der Waals surface area contributed by atoms with Crippen molar-refractivity contribution in [3.63, 3.8) is 0 Å². The number of nitrogens with zero attached hydrogens (tertiary/aromatic N) is 6. The molecule has 0 bridgehead atoms. The number of aromatic nitrogens is 6. The van der Waals surface area contributed by atoms with Crippen molar-refractivity contribution in [1.82, 2.24) is 27.6 Å². The first-order chi connectivity index (χ1) is 16.2. The molecule has 0 aliphatic rings. The fourth-order valence-electron chi connectivity index (χ4n) is 4.00. The van der Waals surface area contributed by atoms with E-state index in [1.165, 1.54) is 0 Å². The van der Waals surface area contributed by atoms with Crippen LogP contribution in [0.3, 0.4) is 0 Å². The fourth-order valence-corrected chi connectivity index (χ4v) is 4.92. The molecule has 10 heteroatoms. The van der Waals surface area contributed by atoms with Crippen LogP contribution in [0.4, 0.5) is 0 Å². The van der Waals surface area contributed by atoms with Gasteiger partial charge >= 0.3 is 166 Å². The Morgan fingerprint density at radius 1 is 1.09 bits per heavy atom. The van der Waals surface area contributed by atoms with Gasteiger partial charge in [-0.2, -0.15) is 0 Å². The van der Waals surface area contributed by atoms with Gasteiger partial charge in [-0.1, -0.05) is 6.92 Å². The number of tetrazole rings is 1. The second kappa shape index (κ2) is 9.74. The molecule has 172 valence electrons. The molecule has 0 saturated carbocycles. The van der Waals surface area contributed by atoms with Gasteiger partial charge < -0.3 is 10.2 Å². The molecule has 0 aliphatic carbocycles. The first-order valence-electron chi connectivity index (χ1n) is 11.0. The quantitative estimate of drug-likeness (QED) is 0.282. The number of imidazole rings is 1. The summed E-state index contributed by atoms with van der Waals surface area (Å²) in [4.78, 5) is 16.6. The molecule has 0 atom stereocenters. The van der Waals surface area contributed by atoms with Crippen LogP contribution in [-0.2, 0) is 18.6 Å². The Hall–Kier alpha value is -2.93. The van der Waals surface area contributed by atoms with E-state index in [4.69, 9.17) is 0 Å². The van der Waals surface area contributed by atoms with E-state index >= 15 is 0 Å². The van der Waals surface area contributed by atoms with Gasteiger partial charge in [0.1, 0.15) is 5.60 Å². The van der Waals surface area contributed by atoms with Crippen LogP contribution in [0.2, 0.25) is 0 Å². The predicted molar refractivity (Wildman–Crippen MR) is 127 cm³/mol. The van der Waals surface area contributed by atoms with Crippen LogP contribution in [0.15, 0.2) is 48.5 Å². The standard InChI is InChI=1S/C24H26N6O3.Tl/c1-4-7-19-25-21(24(2,3)33)20(23(31)32)30(19)14-15-10-12-16(13-11-15)17-8-5-6-9-18(17)22-26-28-29-27-22;/h5-6,8-13,33H,4,7,14H2,1-3H3,(H2,26,27,28,29,31,32);/q;+1/p-1. The number of carbonyl (C=O) groups is 1. The molecule has 2 aromatic carbocycles. The second-order valence-electron chi connectivity index (χ2n) is 8.62. The molecular formula is C24H25N6O3Tl. The zero-order valence-corrected chi connectivity index (χ0v) is 23.8. The SMILES string of the molecule is CCCc1nc(C(C)(C)O)c(C(=O)O)n1Cc1ccc(-c2ccccc2-c2nnn[n]2[Tl])cc1. The third-order valence-electron chi connectivity index (χ3n) is 5.57. The van der Waals surface area contributed by atoms with Gasteiger partial charge in [0.2, 0.25) is 0 Å². The van der Waals surface area contributed by atoms with Crippen molar-refractivity contribution in [1.29, 1.82) is 0 Å². The van der Waals surface area contributed by atoms with Crippen LogP contribution in [-0.4, -0.2) is 69.8 Å². The van der Waals surface area contributed by atoms with E-state index in [0.29, 0.717) is 44.9 Å². The Morgan fingerprint density at radius 2 is 1.76 bits per heavy atom. The van der Waals surface area contributed by atoms with Crippen molar-refractivity contribution < 1.29 is 15.0 Å². The second-order valence-corrected chi connectivity index (χ2v) is 10.5. The molecule has 4 aromatic rings. The molecule has 2 heterocycles. The number of carboxylic acid groups (broad SMARTS) is 1. The van der Waals surface area contributed by atoms with Gasteiger partial charge in [-0.25, -0.2) is 4.79 Å². The van der Waals surface area contributed by atoms with Crippen molar-refractivity contribution in [3.05, 3.63) is 71.3 Å². The number of hydrogen-bond donors (Lipinski definition) is 2. The van der Waals surface area contributed by atoms with Gasteiger partial charge in [-0.15, -0.1) is 0 Å². The minimum absolute atomic E-state index is 0.0326. The molecule has 0 aliphatic heterocycles. The normalized spacial score (nSPS) is 11.6. The van der Waals surface area contributed by atoms with Crippen molar-refractivity contribution in [3.8, 4) is 22.5 Å². The van der Waals surface area contributed by atoms with Gasteiger partial charge in [-0.3, -0.25) is 0 Å². The van der Waals surface area contributed by atoms with Crippen molar-refractivity contribution in [2.75, 3.05) is 0 Å². The summed E-state index contributed by atoms with van der Waals surface area (Å²) in [6.07, 6.45) is 1.44. The Bertz CT molecular complexity index is 1320. The summed E-state index contributed by atoms with van der Waals surface area (Å²) in [5, 5.41) is 32.4. The zero-order chi connectivity index (χ0) is 24.5.